The first-order valence-corrected chi connectivity index (χ1v) is 11.0. The summed E-state index contributed by atoms with van der Waals surface area (Å²) < 4.78 is 43.3. The number of halogens is 2. The Hall–Kier alpha value is -3.72. The van der Waals surface area contributed by atoms with Gasteiger partial charge in [0.25, 0.3) is 0 Å². The van der Waals surface area contributed by atoms with E-state index in [1.54, 1.807) is 23.2 Å². The van der Waals surface area contributed by atoms with Gasteiger partial charge in [0.1, 0.15) is 17.3 Å². The summed E-state index contributed by atoms with van der Waals surface area (Å²) in [5.41, 5.74) is 3.23. The molecule has 176 valence electrons. The molecule has 0 spiro atoms. The van der Waals surface area contributed by atoms with Gasteiger partial charge in [-0.3, -0.25) is 0 Å². The van der Waals surface area contributed by atoms with Crippen molar-refractivity contribution in [3.05, 3.63) is 71.7 Å². The molecule has 1 atom stereocenters. The summed E-state index contributed by atoms with van der Waals surface area (Å²) in [6.07, 6.45) is 3.03. The number of pyridine rings is 1. The van der Waals surface area contributed by atoms with Crippen LogP contribution in [0.5, 0.6) is 0 Å². The number of H-pyrrole nitrogens is 1. The number of imidazole rings is 1. The molecule has 1 saturated heterocycles. The van der Waals surface area contributed by atoms with Crippen molar-refractivity contribution in [1.29, 1.82) is 0 Å². The van der Waals surface area contributed by atoms with Gasteiger partial charge in [0.2, 0.25) is 0 Å². The first kappa shape index (κ1) is 22.1. The Balaban J connectivity index is 1.58. The normalized spacial score (nSPS) is 16.2. The van der Waals surface area contributed by atoms with Crippen molar-refractivity contribution in [2.45, 2.75) is 19.4 Å². The SMILES string of the molecule is COC(=O)N1CCO[C@@H](Cc2c(-c3c(F)cc(-c4ccc[nH]4)cc3F)nc3cc(C)ccn23)C1. The Kier molecular flexibility index (Phi) is 5.79. The molecule has 0 unspecified atom stereocenters. The zero-order chi connectivity index (χ0) is 23.8. The first-order chi connectivity index (χ1) is 16.4. The minimum absolute atomic E-state index is 0.188. The third-order valence-electron chi connectivity index (χ3n) is 6.06. The van der Waals surface area contributed by atoms with E-state index in [2.05, 4.69) is 9.97 Å². The number of aryl methyl sites for hydroxylation is 1. The van der Waals surface area contributed by atoms with Gasteiger partial charge >= 0.3 is 6.09 Å². The van der Waals surface area contributed by atoms with E-state index in [1.807, 2.05) is 29.7 Å². The van der Waals surface area contributed by atoms with Gasteiger partial charge in [-0.1, -0.05) is 0 Å². The zero-order valence-electron chi connectivity index (χ0n) is 18.8. The number of nitrogens with one attached hydrogen (secondary N) is 1. The number of morpholine rings is 1. The highest BCUT2D eigenvalue weighted by Gasteiger charge is 2.29. The molecule has 1 fully saturated rings. The van der Waals surface area contributed by atoms with E-state index < -0.39 is 17.7 Å². The monoisotopic (exact) mass is 466 g/mol. The van der Waals surface area contributed by atoms with Crippen molar-refractivity contribution in [2.24, 2.45) is 0 Å². The number of fused-ring (bicyclic) bond motifs is 1. The van der Waals surface area contributed by atoms with Crippen LogP contribution in [-0.2, 0) is 15.9 Å². The molecule has 4 heterocycles. The van der Waals surface area contributed by atoms with Gasteiger partial charge in [-0.25, -0.2) is 18.6 Å². The quantitative estimate of drug-likeness (QED) is 0.478. The molecule has 7 nitrogen and oxygen atoms in total. The average Bonchev–Trinajstić information content (AvgIpc) is 3.47. The van der Waals surface area contributed by atoms with Crippen LogP contribution in [0.15, 0.2) is 48.8 Å². The third kappa shape index (κ3) is 4.03. The van der Waals surface area contributed by atoms with E-state index >= 15 is 8.78 Å². The van der Waals surface area contributed by atoms with Crippen molar-refractivity contribution < 1.29 is 23.0 Å². The van der Waals surface area contributed by atoms with Crippen molar-refractivity contribution in [1.82, 2.24) is 19.3 Å². The number of amides is 1. The Morgan fingerprint density at radius 1 is 1.26 bits per heavy atom. The predicted octanol–water partition coefficient (Wildman–Crippen LogP) is 4.59. The molecule has 0 saturated carbocycles. The summed E-state index contributed by atoms with van der Waals surface area (Å²) in [7, 11) is 1.33. The van der Waals surface area contributed by atoms with Crippen molar-refractivity contribution in [3.8, 4) is 22.5 Å². The maximum atomic E-state index is 15.4. The van der Waals surface area contributed by atoms with E-state index in [4.69, 9.17) is 9.47 Å². The second-order valence-electron chi connectivity index (χ2n) is 8.35. The largest absolute Gasteiger partial charge is 0.453 e. The lowest BCUT2D eigenvalue weighted by Crippen LogP contribution is -2.46. The molecule has 0 radical (unpaired) electrons. The zero-order valence-corrected chi connectivity index (χ0v) is 18.8. The number of nitrogens with zero attached hydrogens (tertiary/aromatic N) is 3. The topological polar surface area (TPSA) is 71.9 Å². The summed E-state index contributed by atoms with van der Waals surface area (Å²) >= 11 is 0. The summed E-state index contributed by atoms with van der Waals surface area (Å²) in [5, 5.41) is 0. The van der Waals surface area contributed by atoms with Gasteiger partial charge in [0.15, 0.2) is 0 Å². The molecule has 34 heavy (non-hydrogen) atoms. The molecule has 1 N–H and O–H groups in total. The number of ether oxygens (including phenoxy) is 2. The summed E-state index contributed by atoms with van der Waals surface area (Å²) in [4.78, 5) is 21.1. The number of benzene rings is 1. The predicted molar refractivity (Wildman–Crippen MR) is 122 cm³/mol. The first-order valence-electron chi connectivity index (χ1n) is 11.0. The van der Waals surface area contributed by atoms with Crippen LogP contribution in [-0.4, -0.2) is 58.3 Å². The van der Waals surface area contributed by atoms with E-state index in [0.717, 1.165) is 5.56 Å². The second kappa shape index (κ2) is 8.90. The van der Waals surface area contributed by atoms with Crippen LogP contribution >= 0.6 is 0 Å². The van der Waals surface area contributed by atoms with Crippen LogP contribution in [0.3, 0.4) is 0 Å². The van der Waals surface area contributed by atoms with E-state index in [-0.39, 0.29) is 17.4 Å². The maximum Gasteiger partial charge on any atom is 0.409 e. The summed E-state index contributed by atoms with van der Waals surface area (Å²) in [6.45, 7) is 3.01. The standard InChI is InChI=1S/C25H24F2N4O3/c1-15-5-7-31-21(13-17-14-30(8-9-34-17)25(32)33-2)24(29-22(31)10-15)23-18(26)11-16(12-19(23)27)20-4-3-6-28-20/h3-7,10-12,17,28H,8-9,13-14H2,1-2H3/t17-/m0/s1. The number of hydrogen-bond donors (Lipinski definition) is 1. The lowest BCUT2D eigenvalue weighted by atomic mass is 10.0. The Morgan fingerprint density at radius 2 is 2.06 bits per heavy atom. The number of rotatable bonds is 4. The number of aromatic nitrogens is 3. The number of methoxy groups -OCH3 is 1. The van der Waals surface area contributed by atoms with Gasteiger partial charge < -0.3 is 23.8 Å². The minimum Gasteiger partial charge on any atom is -0.453 e. The average molecular weight is 466 g/mol. The lowest BCUT2D eigenvalue weighted by molar-refractivity contribution is -0.0241. The van der Waals surface area contributed by atoms with Crippen LogP contribution in [0, 0.1) is 18.6 Å². The molecule has 3 aromatic heterocycles. The molecular formula is C25H24F2N4O3. The van der Waals surface area contributed by atoms with Crippen LogP contribution < -0.4 is 0 Å². The molecule has 4 aromatic rings. The highest BCUT2D eigenvalue weighted by atomic mass is 19.1. The maximum absolute atomic E-state index is 15.4. The number of carbonyl (C=O) groups is 1. The number of carbonyl (C=O) groups excluding carboxylic acids is 1. The summed E-state index contributed by atoms with van der Waals surface area (Å²) in [6, 6.07) is 9.90. The molecule has 1 amide bonds. The fourth-order valence-corrected chi connectivity index (χ4v) is 4.41. The van der Waals surface area contributed by atoms with E-state index in [0.29, 0.717) is 48.7 Å². The third-order valence-corrected chi connectivity index (χ3v) is 6.06. The van der Waals surface area contributed by atoms with Crippen LogP contribution in [0.4, 0.5) is 13.6 Å². The van der Waals surface area contributed by atoms with Crippen LogP contribution in [0.2, 0.25) is 0 Å². The molecule has 1 aromatic carbocycles. The van der Waals surface area contributed by atoms with Crippen LogP contribution in [0.25, 0.3) is 28.2 Å². The molecule has 1 aliphatic rings. The lowest BCUT2D eigenvalue weighted by Gasteiger charge is -2.32. The number of hydrogen-bond acceptors (Lipinski definition) is 4. The fraction of sp³-hybridized carbons (Fsp3) is 0.280. The Labute approximate surface area is 194 Å². The molecule has 0 bridgehead atoms. The number of aromatic amines is 1. The van der Waals surface area contributed by atoms with Crippen molar-refractivity contribution >= 4 is 11.7 Å². The van der Waals surface area contributed by atoms with Gasteiger partial charge in [-0.2, -0.15) is 0 Å². The Morgan fingerprint density at radius 3 is 2.76 bits per heavy atom. The molecule has 0 aliphatic carbocycles. The molecular weight excluding hydrogens is 442 g/mol. The van der Waals surface area contributed by atoms with Crippen LogP contribution in [0.1, 0.15) is 11.3 Å². The molecule has 9 heteroatoms. The molecule has 5 rings (SSSR count). The van der Waals surface area contributed by atoms with Gasteiger partial charge in [-0.05, 0) is 48.9 Å². The van der Waals surface area contributed by atoms with Crippen molar-refractivity contribution in [2.75, 3.05) is 26.8 Å². The van der Waals surface area contributed by atoms with Gasteiger partial charge in [0, 0.05) is 36.6 Å². The second-order valence-corrected chi connectivity index (χ2v) is 8.35. The van der Waals surface area contributed by atoms with Crippen molar-refractivity contribution in [3.63, 3.8) is 0 Å². The smallest absolute Gasteiger partial charge is 0.409 e. The van der Waals surface area contributed by atoms with Gasteiger partial charge in [0.05, 0.1) is 43.3 Å². The fourth-order valence-electron chi connectivity index (χ4n) is 4.41. The minimum atomic E-state index is -0.702. The highest BCUT2D eigenvalue weighted by molar-refractivity contribution is 5.72. The Bertz CT molecular complexity index is 1330. The molecule has 1 aliphatic heterocycles. The highest BCUT2D eigenvalue weighted by Crippen LogP contribution is 2.34. The van der Waals surface area contributed by atoms with E-state index in [9.17, 15) is 4.79 Å². The van der Waals surface area contributed by atoms with Gasteiger partial charge in [-0.15, -0.1) is 0 Å². The van der Waals surface area contributed by atoms with E-state index in [1.165, 1.54) is 19.2 Å². The summed E-state index contributed by atoms with van der Waals surface area (Å²) in [5.74, 6) is -1.40.